The van der Waals surface area contributed by atoms with Gasteiger partial charge >= 0.3 is 0 Å². The van der Waals surface area contributed by atoms with Gasteiger partial charge in [0.1, 0.15) is 0 Å². The van der Waals surface area contributed by atoms with Gasteiger partial charge in [-0.3, -0.25) is 4.98 Å². The summed E-state index contributed by atoms with van der Waals surface area (Å²) >= 11 is 0. The quantitative estimate of drug-likeness (QED) is 0.541. The van der Waals surface area contributed by atoms with Gasteiger partial charge in [-0.1, -0.05) is 0 Å². The van der Waals surface area contributed by atoms with E-state index in [0.29, 0.717) is 6.61 Å². The first-order valence-corrected chi connectivity index (χ1v) is 5.22. The summed E-state index contributed by atoms with van der Waals surface area (Å²) in [6, 6.07) is 4.08. The highest BCUT2D eigenvalue weighted by Crippen LogP contribution is 2.02. The Labute approximate surface area is 91.0 Å². The van der Waals surface area contributed by atoms with Crippen LogP contribution in [0.25, 0.3) is 0 Å². The van der Waals surface area contributed by atoms with Crippen LogP contribution in [0.5, 0.6) is 0 Å². The molecule has 0 spiro atoms. The summed E-state index contributed by atoms with van der Waals surface area (Å²) in [6.45, 7) is 2.67. The lowest BCUT2D eigenvalue weighted by Gasteiger charge is -2.16. The third-order valence-corrected chi connectivity index (χ3v) is 2.25. The predicted octanol–water partition coefficient (Wildman–Crippen LogP) is 1.18. The number of pyridine rings is 1. The molecule has 4 nitrogen and oxygen atoms in total. The van der Waals surface area contributed by atoms with Crippen molar-refractivity contribution in [3.8, 4) is 0 Å². The van der Waals surface area contributed by atoms with E-state index in [1.807, 2.05) is 24.5 Å². The number of unbranched alkanes of at least 4 members (excludes halogenated alkanes) is 1. The predicted molar refractivity (Wildman–Crippen MR) is 59.9 cm³/mol. The van der Waals surface area contributed by atoms with Crippen LogP contribution in [0.15, 0.2) is 24.5 Å². The lowest BCUT2D eigenvalue weighted by Crippen LogP contribution is -2.19. The number of hydrogen-bond donors (Lipinski definition) is 1. The molecule has 0 aliphatic heterocycles. The van der Waals surface area contributed by atoms with Gasteiger partial charge in [-0.15, -0.1) is 0 Å². The van der Waals surface area contributed by atoms with Crippen LogP contribution in [0.1, 0.15) is 18.4 Å². The van der Waals surface area contributed by atoms with Crippen LogP contribution in [0.2, 0.25) is 0 Å². The molecule has 4 heteroatoms. The molecule has 1 heterocycles. The van der Waals surface area contributed by atoms with Gasteiger partial charge in [-0.25, -0.2) is 5.90 Å². The lowest BCUT2D eigenvalue weighted by molar-refractivity contribution is 0.131. The lowest BCUT2D eigenvalue weighted by atomic mass is 10.2. The minimum absolute atomic E-state index is 0.642. The van der Waals surface area contributed by atoms with Gasteiger partial charge in [0.25, 0.3) is 0 Å². The van der Waals surface area contributed by atoms with E-state index >= 15 is 0 Å². The van der Waals surface area contributed by atoms with Crippen LogP contribution in [-0.4, -0.2) is 30.1 Å². The average Bonchev–Trinajstić information content (AvgIpc) is 2.26. The molecule has 0 fully saturated rings. The van der Waals surface area contributed by atoms with Gasteiger partial charge in [0.05, 0.1) is 6.61 Å². The van der Waals surface area contributed by atoms with Crippen LogP contribution in [-0.2, 0) is 11.4 Å². The van der Waals surface area contributed by atoms with Gasteiger partial charge < -0.3 is 9.74 Å². The van der Waals surface area contributed by atoms with Crippen molar-refractivity contribution in [2.45, 2.75) is 19.4 Å². The van der Waals surface area contributed by atoms with Crippen molar-refractivity contribution in [1.29, 1.82) is 0 Å². The highest BCUT2D eigenvalue weighted by molar-refractivity contribution is 5.08. The third kappa shape index (κ3) is 5.47. The second-order valence-corrected chi connectivity index (χ2v) is 3.67. The summed E-state index contributed by atoms with van der Waals surface area (Å²) in [5.74, 6) is 4.95. The topological polar surface area (TPSA) is 51.4 Å². The molecule has 0 aromatic carbocycles. The molecule has 0 saturated carbocycles. The van der Waals surface area contributed by atoms with Gasteiger partial charge in [0.15, 0.2) is 0 Å². The molecule has 1 aromatic rings. The van der Waals surface area contributed by atoms with E-state index in [4.69, 9.17) is 5.90 Å². The second kappa shape index (κ2) is 7.34. The summed E-state index contributed by atoms with van der Waals surface area (Å²) in [5, 5.41) is 0. The van der Waals surface area contributed by atoms with Crippen LogP contribution in [0.3, 0.4) is 0 Å². The summed E-state index contributed by atoms with van der Waals surface area (Å²) in [5.41, 5.74) is 1.29. The number of aromatic nitrogens is 1. The van der Waals surface area contributed by atoms with Crippen molar-refractivity contribution in [2.24, 2.45) is 5.90 Å². The van der Waals surface area contributed by atoms with E-state index in [9.17, 15) is 0 Å². The maximum atomic E-state index is 4.95. The zero-order valence-electron chi connectivity index (χ0n) is 9.22. The largest absolute Gasteiger partial charge is 0.305 e. The van der Waals surface area contributed by atoms with E-state index < -0.39 is 0 Å². The Hall–Kier alpha value is -0.970. The molecule has 0 aliphatic carbocycles. The fourth-order valence-electron chi connectivity index (χ4n) is 1.45. The molecule has 2 N–H and O–H groups in total. The number of hydrogen-bond acceptors (Lipinski definition) is 4. The van der Waals surface area contributed by atoms with E-state index in [0.717, 1.165) is 25.9 Å². The van der Waals surface area contributed by atoms with E-state index in [-0.39, 0.29) is 0 Å². The van der Waals surface area contributed by atoms with Crippen LogP contribution in [0.4, 0.5) is 0 Å². The molecule has 0 atom stereocenters. The summed E-state index contributed by atoms with van der Waals surface area (Å²) in [7, 11) is 2.11. The normalized spacial score (nSPS) is 10.9. The van der Waals surface area contributed by atoms with Gasteiger partial charge in [0.2, 0.25) is 0 Å². The minimum atomic E-state index is 0.642. The molecule has 0 saturated heterocycles. The first-order chi connectivity index (χ1) is 7.33. The smallest absolute Gasteiger partial charge is 0.0679 e. The van der Waals surface area contributed by atoms with Crippen LogP contribution in [0, 0.1) is 0 Å². The fourth-order valence-corrected chi connectivity index (χ4v) is 1.45. The highest BCUT2D eigenvalue weighted by Gasteiger charge is 1.99. The van der Waals surface area contributed by atoms with Crippen molar-refractivity contribution in [3.63, 3.8) is 0 Å². The summed E-state index contributed by atoms with van der Waals surface area (Å²) < 4.78 is 0. The standard InChI is InChI=1S/C11H19N3O/c1-14(8-2-3-9-15-12)10-11-4-6-13-7-5-11/h4-7H,2-3,8-10,12H2,1H3. The Morgan fingerprint density at radius 2 is 2.07 bits per heavy atom. The van der Waals surface area contributed by atoms with Crippen LogP contribution < -0.4 is 5.90 Å². The molecule has 0 aliphatic rings. The Kier molecular flexibility index (Phi) is 5.92. The molecule has 1 aromatic heterocycles. The zero-order chi connectivity index (χ0) is 10.9. The molecule has 1 rings (SSSR count). The molecular weight excluding hydrogens is 190 g/mol. The number of rotatable bonds is 7. The molecule has 0 bridgehead atoms. The van der Waals surface area contributed by atoms with Gasteiger partial charge in [0, 0.05) is 18.9 Å². The second-order valence-electron chi connectivity index (χ2n) is 3.67. The Morgan fingerprint density at radius 3 is 2.73 bits per heavy atom. The first kappa shape index (κ1) is 12.1. The van der Waals surface area contributed by atoms with Crippen molar-refractivity contribution < 1.29 is 4.84 Å². The maximum absolute atomic E-state index is 4.95. The Balaban J connectivity index is 2.16. The van der Waals surface area contributed by atoms with Gasteiger partial charge in [-0.2, -0.15) is 0 Å². The summed E-state index contributed by atoms with van der Waals surface area (Å²) in [4.78, 5) is 10.8. The number of nitrogens with two attached hydrogens (primary N) is 1. The van der Waals surface area contributed by atoms with E-state index in [1.54, 1.807) is 0 Å². The van der Waals surface area contributed by atoms with Crippen LogP contribution >= 0.6 is 0 Å². The highest BCUT2D eigenvalue weighted by atomic mass is 16.6. The minimum Gasteiger partial charge on any atom is -0.305 e. The Morgan fingerprint density at radius 1 is 1.33 bits per heavy atom. The number of nitrogens with zero attached hydrogens (tertiary/aromatic N) is 2. The molecule has 0 radical (unpaired) electrons. The molecule has 15 heavy (non-hydrogen) atoms. The van der Waals surface area contributed by atoms with E-state index in [2.05, 4.69) is 21.8 Å². The molecule has 0 amide bonds. The monoisotopic (exact) mass is 209 g/mol. The van der Waals surface area contributed by atoms with Gasteiger partial charge in [-0.05, 0) is 44.1 Å². The van der Waals surface area contributed by atoms with Crippen molar-refractivity contribution in [2.75, 3.05) is 20.2 Å². The SMILES string of the molecule is CN(CCCCON)Cc1ccncc1. The average molecular weight is 209 g/mol. The Bertz CT molecular complexity index is 253. The summed E-state index contributed by atoms with van der Waals surface area (Å²) in [6.07, 6.45) is 5.77. The first-order valence-electron chi connectivity index (χ1n) is 5.22. The molecule has 84 valence electrons. The van der Waals surface area contributed by atoms with E-state index in [1.165, 1.54) is 5.56 Å². The van der Waals surface area contributed by atoms with Crippen molar-refractivity contribution in [1.82, 2.24) is 9.88 Å². The third-order valence-electron chi connectivity index (χ3n) is 2.25. The van der Waals surface area contributed by atoms with Crippen molar-refractivity contribution in [3.05, 3.63) is 30.1 Å². The van der Waals surface area contributed by atoms with Crippen molar-refractivity contribution >= 4 is 0 Å². The molecule has 0 unspecified atom stereocenters. The fraction of sp³-hybridized carbons (Fsp3) is 0.545. The zero-order valence-corrected chi connectivity index (χ0v) is 9.22. The maximum Gasteiger partial charge on any atom is 0.0679 e. The molecular formula is C11H19N3O.